The summed E-state index contributed by atoms with van der Waals surface area (Å²) in [6.45, 7) is 0. The van der Waals surface area contributed by atoms with E-state index in [0.717, 1.165) is 4.90 Å². The van der Waals surface area contributed by atoms with Gasteiger partial charge in [-0.3, -0.25) is 19.2 Å². The molecule has 5 rings (SSSR count). The number of imide groups is 1. The highest BCUT2D eigenvalue weighted by Crippen LogP contribution is 2.35. The van der Waals surface area contributed by atoms with E-state index in [1.54, 1.807) is 66.7 Å². The van der Waals surface area contributed by atoms with E-state index in [1.807, 2.05) is 0 Å². The van der Waals surface area contributed by atoms with E-state index in [4.69, 9.17) is 9.52 Å². The van der Waals surface area contributed by atoms with E-state index in [2.05, 4.69) is 10.6 Å². The Morgan fingerprint density at radius 3 is 2.36 bits per heavy atom. The number of nitrogens with one attached hydrogen (secondary N) is 2. The van der Waals surface area contributed by atoms with Crippen molar-refractivity contribution in [3.8, 4) is 0 Å². The van der Waals surface area contributed by atoms with Crippen molar-refractivity contribution >= 4 is 58.8 Å². The predicted octanol–water partition coefficient (Wildman–Crippen LogP) is 4.81. The number of carbonyl (C=O) groups excluding carboxylic acids is 4. The van der Waals surface area contributed by atoms with Crippen LogP contribution in [0.3, 0.4) is 0 Å². The molecule has 42 heavy (non-hydrogen) atoms. The first kappa shape index (κ1) is 28.1. The Balaban J connectivity index is 1.29. The van der Waals surface area contributed by atoms with Gasteiger partial charge in [0.05, 0.1) is 22.8 Å². The maximum Gasteiger partial charge on any atom is 0.335 e. The summed E-state index contributed by atoms with van der Waals surface area (Å²) >= 11 is 1.17. The fourth-order valence-electron chi connectivity index (χ4n) is 4.19. The first-order chi connectivity index (χ1) is 20.3. The molecule has 4 aromatic rings. The van der Waals surface area contributed by atoms with Crippen molar-refractivity contribution in [1.82, 2.24) is 5.32 Å². The maximum absolute atomic E-state index is 13.2. The second-order valence-electron chi connectivity index (χ2n) is 9.11. The van der Waals surface area contributed by atoms with Crippen LogP contribution in [0.25, 0.3) is 6.08 Å². The average molecular weight is 582 g/mol. The molecule has 1 aliphatic heterocycles. The van der Waals surface area contributed by atoms with E-state index in [1.165, 1.54) is 48.4 Å². The maximum atomic E-state index is 13.2. The van der Waals surface area contributed by atoms with Gasteiger partial charge in [-0.05, 0) is 66.7 Å². The Morgan fingerprint density at radius 2 is 1.67 bits per heavy atom. The molecule has 0 radical (unpaired) electrons. The summed E-state index contributed by atoms with van der Waals surface area (Å²) in [5, 5.41) is 13.8. The Morgan fingerprint density at radius 1 is 0.905 bits per heavy atom. The number of aromatic carboxylic acids is 1. The number of thioether (sulfide) groups is 1. The van der Waals surface area contributed by atoms with Gasteiger partial charge in [0.1, 0.15) is 11.5 Å². The predicted molar refractivity (Wildman–Crippen MR) is 156 cm³/mol. The number of carboxylic acid groups (broad SMARTS) is 1. The van der Waals surface area contributed by atoms with Gasteiger partial charge in [0.2, 0.25) is 11.8 Å². The summed E-state index contributed by atoms with van der Waals surface area (Å²) in [6.07, 6.45) is 2.82. The third-order valence-corrected chi connectivity index (χ3v) is 7.39. The molecule has 0 spiro atoms. The topological polar surface area (TPSA) is 146 Å². The molecule has 3 N–H and O–H groups in total. The van der Waals surface area contributed by atoms with Crippen LogP contribution in [-0.2, 0) is 14.4 Å². The van der Waals surface area contributed by atoms with E-state index in [9.17, 15) is 24.0 Å². The fourth-order valence-corrected chi connectivity index (χ4v) is 5.30. The van der Waals surface area contributed by atoms with Crippen LogP contribution in [0.1, 0.15) is 32.9 Å². The lowest BCUT2D eigenvalue weighted by molar-refractivity contribution is -0.121. The number of benzene rings is 3. The number of amides is 4. The molecular weight excluding hydrogens is 558 g/mol. The van der Waals surface area contributed by atoms with Gasteiger partial charge in [0, 0.05) is 28.6 Å². The summed E-state index contributed by atoms with van der Waals surface area (Å²) in [5.41, 5.74) is 1.08. The minimum absolute atomic E-state index is 0.0394. The van der Waals surface area contributed by atoms with Crippen LogP contribution >= 0.6 is 11.8 Å². The zero-order valence-corrected chi connectivity index (χ0v) is 22.7. The lowest BCUT2D eigenvalue weighted by Crippen LogP contribution is -2.31. The second-order valence-corrected chi connectivity index (χ2v) is 10.4. The van der Waals surface area contributed by atoms with Crippen LogP contribution in [0.15, 0.2) is 112 Å². The standard InChI is InChI=1S/C31H23N3O7S/c35-27-18-26(30(38)34(27)22-13-11-20(12-14-22)31(39)40)42-24-10-4-8-21(16-24)32-29(37)25(17-23-9-5-15-41-23)33-28(36)19-6-2-1-3-7-19/h1-17,26H,18H2,(H,32,37)(H,33,36)(H,39,40)/b25-17-. The Hall–Kier alpha value is -5.42. The molecule has 0 aliphatic carbocycles. The SMILES string of the molecule is O=C(Nc1cccc(SC2CC(=O)N(c3ccc(C(=O)O)cc3)C2=O)c1)/C(=C/c1ccco1)NC(=O)c1ccccc1. The molecule has 0 saturated carbocycles. The van der Waals surface area contributed by atoms with Crippen molar-refractivity contribution in [2.24, 2.45) is 0 Å². The highest BCUT2D eigenvalue weighted by molar-refractivity contribution is 8.00. The van der Waals surface area contributed by atoms with Crippen LogP contribution in [0.5, 0.6) is 0 Å². The van der Waals surface area contributed by atoms with E-state index >= 15 is 0 Å². The van der Waals surface area contributed by atoms with Crippen molar-refractivity contribution in [1.29, 1.82) is 0 Å². The molecule has 1 aliphatic rings. The minimum atomic E-state index is -1.11. The third kappa shape index (κ3) is 6.48. The van der Waals surface area contributed by atoms with Crippen LogP contribution in [0.4, 0.5) is 11.4 Å². The minimum Gasteiger partial charge on any atom is -0.478 e. The number of anilines is 2. The zero-order valence-electron chi connectivity index (χ0n) is 21.9. The normalized spacial score (nSPS) is 15.0. The van der Waals surface area contributed by atoms with Gasteiger partial charge in [0.25, 0.3) is 11.8 Å². The monoisotopic (exact) mass is 581 g/mol. The van der Waals surface area contributed by atoms with Gasteiger partial charge in [-0.2, -0.15) is 0 Å². The van der Waals surface area contributed by atoms with Gasteiger partial charge in [0.15, 0.2) is 0 Å². The Kier molecular flexibility index (Phi) is 8.30. The summed E-state index contributed by atoms with van der Waals surface area (Å²) < 4.78 is 5.32. The Bertz CT molecular complexity index is 1680. The molecule has 210 valence electrons. The lowest BCUT2D eigenvalue weighted by atomic mass is 10.2. The van der Waals surface area contributed by atoms with Crippen LogP contribution < -0.4 is 15.5 Å². The van der Waals surface area contributed by atoms with Crippen molar-refractivity contribution < 1.29 is 33.5 Å². The molecule has 1 aromatic heterocycles. The van der Waals surface area contributed by atoms with Gasteiger partial charge < -0.3 is 20.2 Å². The number of hydrogen-bond acceptors (Lipinski definition) is 7. The summed E-state index contributed by atoms with van der Waals surface area (Å²) in [5.74, 6) is -2.63. The first-order valence-electron chi connectivity index (χ1n) is 12.7. The highest BCUT2D eigenvalue weighted by Gasteiger charge is 2.40. The molecule has 1 atom stereocenters. The molecule has 2 heterocycles. The number of hydrogen-bond donors (Lipinski definition) is 3. The second kappa shape index (κ2) is 12.4. The number of carbonyl (C=O) groups is 5. The smallest absolute Gasteiger partial charge is 0.335 e. The van der Waals surface area contributed by atoms with Crippen molar-refractivity contribution in [3.05, 3.63) is 120 Å². The molecule has 1 fully saturated rings. The van der Waals surface area contributed by atoms with Crippen LogP contribution in [-0.4, -0.2) is 40.0 Å². The number of carboxylic acids is 1. The quantitative estimate of drug-likeness (QED) is 0.189. The van der Waals surface area contributed by atoms with E-state index in [-0.39, 0.29) is 17.7 Å². The van der Waals surface area contributed by atoms with Crippen molar-refractivity contribution in [2.75, 3.05) is 10.2 Å². The lowest BCUT2D eigenvalue weighted by Gasteiger charge is -2.15. The fraction of sp³-hybridized carbons (Fsp3) is 0.0645. The Labute approximate surface area is 244 Å². The van der Waals surface area contributed by atoms with Gasteiger partial charge in [-0.1, -0.05) is 24.3 Å². The highest BCUT2D eigenvalue weighted by atomic mass is 32.2. The summed E-state index contributed by atoms with van der Waals surface area (Å²) in [6, 6.07) is 24.0. The zero-order chi connectivity index (χ0) is 29.6. The number of nitrogens with zero attached hydrogens (tertiary/aromatic N) is 1. The molecule has 0 bridgehead atoms. The number of rotatable bonds is 9. The molecular formula is C31H23N3O7S. The third-order valence-electron chi connectivity index (χ3n) is 6.21. The molecule has 1 saturated heterocycles. The van der Waals surface area contributed by atoms with Gasteiger partial charge in [-0.15, -0.1) is 11.8 Å². The molecule has 1 unspecified atom stereocenters. The van der Waals surface area contributed by atoms with Gasteiger partial charge in [-0.25, -0.2) is 9.69 Å². The number of furan rings is 1. The molecule has 4 amide bonds. The molecule has 3 aromatic carbocycles. The molecule has 10 nitrogen and oxygen atoms in total. The van der Waals surface area contributed by atoms with E-state index < -0.39 is 34.8 Å². The largest absolute Gasteiger partial charge is 0.478 e. The van der Waals surface area contributed by atoms with Crippen molar-refractivity contribution in [3.63, 3.8) is 0 Å². The summed E-state index contributed by atoms with van der Waals surface area (Å²) in [7, 11) is 0. The van der Waals surface area contributed by atoms with Crippen LogP contribution in [0, 0.1) is 0 Å². The van der Waals surface area contributed by atoms with Gasteiger partial charge >= 0.3 is 5.97 Å². The van der Waals surface area contributed by atoms with Crippen LogP contribution in [0.2, 0.25) is 0 Å². The summed E-state index contributed by atoms with van der Waals surface area (Å²) in [4.78, 5) is 64.6. The average Bonchev–Trinajstić information content (AvgIpc) is 3.60. The molecule has 11 heteroatoms. The van der Waals surface area contributed by atoms with E-state index in [0.29, 0.717) is 27.6 Å². The van der Waals surface area contributed by atoms with Crippen molar-refractivity contribution in [2.45, 2.75) is 16.6 Å². The first-order valence-corrected chi connectivity index (χ1v) is 13.6.